The van der Waals surface area contributed by atoms with Gasteiger partial charge in [0, 0.05) is 58.2 Å². The molecule has 0 aliphatic carbocycles. The number of piperidine rings is 3. The first-order valence-electron chi connectivity index (χ1n) is 16.9. The molecule has 49 heavy (non-hydrogen) atoms. The average Bonchev–Trinajstić information content (AvgIpc) is 2.85. The number of carboxylic acids is 3. The lowest BCUT2D eigenvalue weighted by Crippen LogP contribution is -2.69. The molecule has 3 aliphatic rings. The van der Waals surface area contributed by atoms with Gasteiger partial charge in [0.25, 0.3) is 0 Å². The Bertz CT molecular complexity index is 939. The van der Waals surface area contributed by atoms with Crippen LogP contribution in [0.2, 0.25) is 0 Å². The van der Waals surface area contributed by atoms with Crippen LogP contribution in [0.1, 0.15) is 141 Å². The zero-order valence-electron chi connectivity index (χ0n) is 31.9. The minimum Gasteiger partial charge on any atom is -0.549 e. The van der Waals surface area contributed by atoms with Gasteiger partial charge >= 0.3 is 0 Å². The van der Waals surface area contributed by atoms with Crippen molar-refractivity contribution in [2.45, 2.75) is 174 Å². The van der Waals surface area contributed by atoms with E-state index in [-0.39, 0.29) is 0 Å². The third kappa shape index (κ3) is 11.5. The summed E-state index contributed by atoms with van der Waals surface area (Å²) >= 11 is 0. The Morgan fingerprint density at radius 1 is 0.429 bits per heavy atom. The summed E-state index contributed by atoms with van der Waals surface area (Å²) in [4.78, 5) is 28.0. The van der Waals surface area contributed by atoms with Crippen molar-refractivity contribution in [3.8, 4) is 0 Å². The Kier molecular flexibility index (Phi) is 15.5. The van der Waals surface area contributed by atoms with Crippen LogP contribution in [0.5, 0.6) is 0 Å². The van der Waals surface area contributed by atoms with Crippen molar-refractivity contribution in [1.82, 2.24) is 4.90 Å². The Hall–Kier alpha value is -1.99. The summed E-state index contributed by atoms with van der Waals surface area (Å²) in [7, 11) is 0. The number of hydrogen-bond acceptors (Lipinski definition) is 13. The fourth-order valence-electron chi connectivity index (χ4n) is 6.97. The number of hydroxylamine groups is 12. The van der Waals surface area contributed by atoms with E-state index >= 15 is 0 Å². The maximum absolute atomic E-state index is 9.99. The molecule has 0 unspecified atom stereocenters. The highest BCUT2D eigenvalue weighted by Gasteiger charge is 2.59. The molecule has 0 bridgehead atoms. The fraction of sp³-hybridized carbons (Fsp3) is 0.909. The maximum atomic E-state index is 9.99. The van der Waals surface area contributed by atoms with Crippen LogP contribution in [0.15, 0.2) is 0 Å². The zero-order valence-corrected chi connectivity index (χ0v) is 31.9. The second-order valence-electron chi connectivity index (χ2n) is 17.5. The van der Waals surface area contributed by atoms with E-state index in [4.69, 9.17) is 0 Å². The molecule has 3 heterocycles. The number of rotatable bonds is 6. The third-order valence-electron chi connectivity index (χ3n) is 10.9. The number of carbonyl (C=O) groups is 3. The predicted octanol–water partition coefficient (Wildman–Crippen LogP) is 1.51. The Morgan fingerprint density at radius 3 is 0.673 bits per heavy atom. The van der Waals surface area contributed by atoms with E-state index in [1.807, 2.05) is 83.1 Å². The van der Waals surface area contributed by atoms with Crippen molar-refractivity contribution in [2.24, 2.45) is 0 Å². The molecule has 0 amide bonds. The van der Waals surface area contributed by atoms with Gasteiger partial charge in [-0.1, -0.05) is 0 Å². The lowest BCUT2D eigenvalue weighted by molar-refractivity contribution is -1.30. The molecular weight excluding hydrogens is 644 g/mol. The van der Waals surface area contributed by atoms with Crippen LogP contribution in [0.25, 0.3) is 0 Å². The van der Waals surface area contributed by atoms with Crippen molar-refractivity contribution >= 4 is 17.9 Å². The van der Waals surface area contributed by atoms with Gasteiger partial charge in [-0.15, -0.1) is 0 Å². The molecule has 16 heteroatoms. The number of carbonyl (C=O) groups excluding carboxylic acids is 3. The van der Waals surface area contributed by atoms with E-state index in [1.54, 1.807) is 0 Å². The molecule has 0 aromatic rings. The van der Waals surface area contributed by atoms with Gasteiger partial charge < -0.3 is 29.7 Å². The molecule has 3 saturated heterocycles. The Labute approximate surface area is 291 Å². The van der Waals surface area contributed by atoms with Gasteiger partial charge in [0.1, 0.15) is 0 Å². The van der Waals surface area contributed by atoms with Crippen LogP contribution in [0.4, 0.5) is 0 Å². The van der Waals surface area contributed by atoms with Gasteiger partial charge in [-0.2, -0.15) is 31.2 Å². The van der Waals surface area contributed by atoms with Crippen LogP contribution in [-0.2, 0) is 14.4 Å². The standard InChI is InChI=1S/3C9H20NO2.C6H9NO6/c3*1-8(2)6-5-7-9(3,4)10(8,11)12;8-4(9)1-7(2-5(10)11)3-6(12)13/h3*11-12H,5-7H2,1-4H3;1-3H2,(H,8,9)(H,10,11)(H,12,13)/q3*+1;/p-3. The summed E-state index contributed by atoms with van der Waals surface area (Å²) < 4.78 is 0. The van der Waals surface area contributed by atoms with Crippen molar-refractivity contribution in [3.63, 3.8) is 0 Å². The minimum absolute atomic E-state index is 0.443. The highest BCUT2D eigenvalue weighted by atomic mass is 16.9. The zero-order chi connectivity index (χ0) is 39.3. The summed E-state index contributed by atoms with van der Waals surface area (Å²) in [6, 6.07) is 0. The monoisotopic (exact) mass is 710 g/mol. The van der Waals surface area contributed by atoms with Gasteiger partial charge in [0.2, 0.25) is 0 Å². The minimum atomic E-state index is -1.57. The quantitative estimate of drug-likeness (QED) is 0.214. The topological polar surface area (TPSA) is 245 Å². The van der Waals surface area contributed by atoms with Gasteiger partial charge in [0.15, 0.2) is 33.2 Å². The smallest absolute Gasteiger partial charge is 0.156 e. The average molecular weight is 711 g/mol. The molecule has 0 aromatic carbocycles. The second-order valence-corrected chi connectivity index (χ2v) is 17.5. The highest BCUT2D eigenvalue weighted by molar-refractivity contribution is 5.73. The van der Waals surface area contributed by atoms with Gasteiger partial charge in [0.05, 0.1) is 17.9 Å². The van der Waals surface area contributed by atoms with Crippen LogP contribution < -0.4 is 15.3 Å². The van der Waals surface area contributed by atoms with Crippen LogP contribution in [-0.4, -0.2) is 121 Å². The molecule has 0 spiro atoms. The van der Waals surface area contributed by atoms with E-state index in [0.29, 0.717) is 4.90 Å². The first kappa shape index (κ1) is 47.0. The first-order valence-corrected chi connectivity index (χ1v) is 16.9. The molecule has 6 N–H and O–H groups in total. The van der Waals surface area contributed by atoms with Gasteiger partial charge in [-0.05, 0) is 117 Å². The lowest BCUT2D eigenvalue weighted by atomic mass is 9.81. The number of aliphatic carboxylic acids is 3. The first-order chi connectivity index (χ1) is 21.5. The normalized spacial score (nSPS) is 25.8. The van der Waals surface area contributed by atoms with E-state index in [1.165, 1.54) is 0 Å². The number of nitrogens with zero attached hydrogens (tertiary/aromatic N) is 4. The Morgan fingerprint density at radius 2 is 0.571 bits per heavy atom. The van der Waals surface area contributed by atoms with E-state index < -0.39 is 85.2 Å². The largest absolute Gasteiger partial charge is 0.549 e. The summed E-state index contributed by atoms with van der Waals surface area (Å²) in [5.41, 5.74) is -2.66. The van der Waals surface area contributed by atoms with Gasteiger partial charge in [-0.25, -0.2) is 0 Å². The number of hydrogen-bond donors (Lipinski definition) is 6. The number of quaternary nitrogens is 3. The summed E-state index contributed by atoms with van der Waals surface area (Å²) in [6.07, 6.45) is 8.40. The van der Waals surface area contributed by atoms with Crippen molar-refractivity contribution in [3.05, 3.63) is 0 Å². The van der Waals surface area contributed by atoms with Crippen molar-refractivity contribution in [1.29, 1.82) is 0 Å². The predicted molar refractivity (Wildman–Crippen MR) is 169 cm³/mol. The Balaban J connectivity index is 0.000000627. The number of carboxylic acid groups (broad SMARTS) is 3. The van der Waals surface area contributed by atoms with Crippen LogP contribution in [0.3, 0.4) is 0 Å². The molecule has 0 atom stereocenters. The second kappa shape index (κ2) is 16.1. The lowest BCUT2D eigenvalue weighted by Gasteiger charge is -2.49. The molecule has 3 aliphatic heterocycles. The van der Waals surface area contributed by atoms with E-state index in [9.17, 15) is 60.9 Å². The molecular formula is C33H66N4O12. The fourth-order valence-corrected chi connectivity index (χ4v) is 6.97. The molecule has 0 saturated carbocycles. The molecule has 3 rings (SSSR count). The molecule has 0 radical (unpaired) electrons. The summed E-state index contributed by atoms with van der Waals surface area (Å²) in [5.74, 6) is -4.70. The van der Waals surface area contributed by atoms with Crippen molar-refractivity contribution < 1.29 is 75.4 Å². The van der Waals surface area contributed by atoms with E-state index in [2.05, 4.69) is 0 Å². The maximum Gasteiger partial charge on any atom is 0.156 e. The van der Waals surface area contributed by atoms with Crippen LogP contribution in [0, 0.1) is 0 Å². The molecule has 16 nitrogen and oxygen atoms in total. The third-order valence-corrected chi connectivity index (χ3v) is 10.9. The SMILES string of the molecule is CC1(C)CCCC(C)(C)[N+]1(O)O.CC1(C)CCCC(C)(C)[N+]1(O)O.CC1(C)CCCC(C)(C)[N+]1(O)O.O=C([O-])CN(CC(=O)[O-])CC(=O)[O-]. The molecule has 0 aromatic heterocycles. The highest BCUT2D eigenvalue weighted by Crippen LogP contribution is 2.43. The summed E-state index contributed by atoms with van der Waals surface area (Å²) in [6.45, 7) is 20.4. The van der Waals surface area contributed by atoms with E-state index in [0.717, 1.165) is 57.8 Å². The molecule has 3 fully saturated rings. The molecule has 290 valence electrons. The summed E-state index contributed by atoms with van der Waals surface area (Å²) in [5, 5.41) is 89.5. The van der Waals surface area contributed by atoms with Crippen LogP contribution >= 0.6 is 0 Å². The van der Waals surface area contributed by atoms with Gasteiger partial charge in [-0.3, -0.25) is 4.90 Å². The van der Waals surface area contributed by atoms with Crippen molar-refractivity contribution in [2.75, 3.05) is 19.6 Å².